The van der Waals surface area contributed by atoms with Crippen LogP contribution in [0.2, 0.25) is 5.15 Å². The topological polar surface area (TPSA) is 64.1 Å². The van der Waals surface area contributed by atoms with E-state index in [-0.39, 0.29) is 12.4 Å². The van der Waals surface area contributed by atoms with Gasteiger partial charge in [0.1, 0.15) is 0 Å². The molecule has 1 heterocycles. The summed E-state index contributed by atoms with van der Waals surface area (Å²) in [4.78, 5) is 11.2. The van der Waals surface area contributed by atoms with Gasteiger partial charge in [0.15, 0.2) is 11.0 Å². The third-order valence-corrected chi connectivity index (χ3v) is 2.85. The van der Waals surface area contributed by atoms with Gasteiger partial charge in [-0.05, 0) is 6.92 Å². The molecule has 0 bridgehead atoms. The minimum absolute atomic E-state index is 0.235. The van der Waals surface area contributed by atoms with Gasteiger partial charge in [0, 0.05) is 17.3 Å². The Balaban J connectivity index is 2.09. The second-order valence-electron chi connectivity index (χ2n) is 3.87. The monoisotopic (exact) mass is 279 g/mol. The SMILES string of the molecule is CCOC(=O)CCNc1nnc(Cl)c2ccccc12. The highest BCUT2D eigenvalue weighted by molar-refractivity contribution is 6.34. The molecular formula is C13H14ClN3O2. The molecule has 0 fully saturated rings. The lowest BCUT2D eigenvalue weighted by atomic mass is 10.2. The first kappa shape index (κ1) is 13.5. The van der Waals surface area contributed by atoms with Crippen molar-refractivity contribution in [1.29, 1.82) is 0 Å². The lowest BCUT2D eigenvalue weighted by molar-refractivity contribution is -0.142. The number of nitrogens with zero attached hydrogens (tertiary/aromatic N) is 2. The average Bonchev–Trinajstić information content (AvgIpc) is 2.42. The number of nitrogens with one attached hydrogen (secondary N) is 1. The van der Waals surface area contributed by atoms with E-state index in [1.165, 1.54) is 0 Å². The van der Waals surface area contributed by atoms with Gasteiger partial charge in [0.05, 0.1) is 13.0 Å². The summed E-state index contributed by atoms with van der Waals surface area (Å²) < 4.78 is 4.85. The molecule has 5 nitrogen and oxygen atoms in total. The van der Waals surface area contributed by atoms with Gasteiger partial charge in [-0.3, -0.25) is 4.79 Å². The molecule has 2 aromatic rings. The van der Waals surface area contributed by atoms with E-state index in [2.05, 4.69) is 15.5 Å². The smallest absolute Gasteiger partial charge is 0.307 e. The van der Waals surface area contributed by atoms with Crippen LogP contribution in [0, 0.1) is 0 Å². The fraction of sp³-hybridized carbons (Fsp3) is 0.308. The number of esters is 1. The molecule has 1 N–H and O–H groups in total. The predicted molar refractivity (Wildman–Crippen MR) is 74.3 cm³/mol. The highest BCUT2D eigenvalue weighted by Crippen LogP contribution is 2.25. The van der Waals surface area contributed by atoms with E-state index >= 15 is 0 Å². The Hall–Kier alpha value is -1.88. The van der Waals surface area contributed by atoms with Gasteiger partial charge in [0.25, 0.3) is 0 Å². The Morgan fingerprint density at radius 2 is 2.05 bits per heavy atom. The van der Waals surface area contributed by atoms with Crippen LogP contribution in [0.5, 0.6) is 0 Å². The van der Waals surface area contributed by atoms with E-state index in [1.807, 2.05) is 24.3 Å². The van der Waals surface area contributed by atoms with Crippen molar-refractivity contribution in [3.8, 4) is 0 Å². The number of benzene rings is 1. The minimum atomic E-state index is -0.235. The molecule has 0 aliphatic rings. The summed E-state index contributed by atoms with van der Waals surface area (Å²) in [5.74, 6) is 0.380. The van der Waals surface area contributed by atoms with Crippen LogP contribution in [0.25, 0.3) is 10.8 Å². The van der Waals surface area contributed by atoms with Crippen molar-refractivity contribution in [1.82, 2.24) is 10.2 Å². The number of anilines is 1. The highest BCUT2D eigenvalue weighted by atomic mass is 35.5. The second-order valence-corrected chi connectivity index (χ2v) is 4.22. The Morgan fingerprint density at radius 1 is 1.32 bits per heavy atom. The molecule has 6 heteroatoms. The lowest BCUT2D eigenvalue weighted by Crippen LogP contribution is -2.12. The zero-order chi connectivity index (χ0) is 13.7. The van der Waals surface area contributed by atoms with Gasteiger partial charge >= 0.3 is 5.97 Å². The van der Waals surface area contributed by atoms with Crippen molar-refractivity contribution in [2.24, 2.45) is 0 Å². The zero-order valence-corrected chi connectivity index (χ0v) is 11.3. The number of ether oxygens (including phenoxy) is 1. The summed E-state index contributed by atoms with van der Waals surface area (Å²) in [5, 5.41) is 13.0. The normalized spacial score (nSPS) is 10.4. The van der Waals surface area contributed by atoms with Gasteiger partial charge in [0.2, 0.25) is 0 Å². The average molecular weight is 280 g/mol. The Kier molecular flexibility index (Phi) is 4.52. The Labute approximate surface area is 115 Å². The minimum Gasteiger partial charge on any atom is -0.466 e. The summed E-state index contributed by atoms with van der Waals surface area (Å²) in [6.45, 7) is 2.62. The maximum Gasteiger partial charge on any atom is 0.307 e. The van der Waals surface area contributed by atoms with Gasteiger partial charge in [-0.2, -0.15) is 0 Å². The third kappa shape index (κ3) is 3.32. The second kappa shape index (κ2) is 6.33. The fourth-order valence-corrected chi connectivity index (χ4v) is 1.92. The molecule has 0 aliphatic heterocycles. The van der Waals surface area contributed by atoms with Crippen LogP contribution in [0.15, 0.2) is 24.3 Å². The van der Waals surface area contributed by atoms with Crippen molar-refractivity contribution in [2.45, 2.75) is 13.3 Å². The van der Waals surface area contributed by atoms with Crippen LogP contribution in [0.4, 0.5) is 5.82 Å². The van der Waals surface area contributed by atoms with Gasteiger partial charge in [-0.15, -0.1) is 10.2 Å². The Morgan fingerprint density at radius 3 is 2.79 bits per heavy atom. The number of hydrogen-bond acceptors (Lipinski definition) is 5. The summed E-state index contributed by atoms with van der Waals surface area (Å²) in [5.41, 5.74) is 0. The summed E-state index contributed by atoms with van der Waals surface area (Å²) in [6, 6.07) is 7.57. The van der Waals surface area contributed by atoms with Crippen molar-refractivity contribution in [2.75, 3.05) is 18.5 Å². The number of carbonyl (C=O) groups excluding carboxylic acids is 1. The first-order chi connectivity index (χ1) is 9.22. The maximum absolute atomic E-state index is 11.2. The molecule has 1 aromatic carbocycles. The van der Waals surface area contributed by atoms with Crippen LogP contribution >= 0.6 is 11.6 Å². The van der Waals surface area contributed by atoms with E-state index in [4.69, 9.17) is 16.3 Å². The van der Waals surface area contributed by atoms with Crippen LogP contribution in [-0.4, -0.2) is 29.3 Å². The summed E-state index contributed by atoms with van der Waals surface area (Å²) >= 11 is 5.98. The number of aromatic nitrogens is 2. The number of fused-ring (bicyclic) bond motifs is 1. The number of hydrogen-bond donors (Lipinski definition) is 1. The van der Waals surface area contributed by atoms with Crippen LogP contribution in [-0.2, 0) is 9.53 Å². The van der Waals surface area contributed by atoms with Crippen molar-refractivity contribution >= 4 is 34.2 Å². The van der Waals surface area contributed by atoms with Crippen LogP contribution in [0.1, 0.15) is 13.3 Å². The van der Waals surface area contributed by atoms with E-state index in [0.717, 1.165) is 10.8 Å². The van der Waals surface area contributed by atoms with Crippen molar-refractivity contribution < 1.29 is 9.53 Å². The highest BCUT2D eigenvalue weighted by Gasteiger charge is 2.07. The molecule has 0 spiro atoms. The molecule has 0 unspecified atom stereocenters. The number of carbonyl (C=O) groups is 1. The van der Waals surface area contributed by atoms with Gasteiger partial charge < -0.3 is 10.1 Å². The largest absolute Gasteiger partial charge is 0.466 e. The first-order valence-electron chi connectivity index (χ1n) is 6.02. The summed E-state index contributed by atoms with van der Waals surface area (Å²) in [7, 11) is 0. The molecule has 2 rings (SSSR count). The van der Waals surface area contributed by atoms with Gasteiger partial charge in [-0.1, -0.05) is 35.9 Å². The van der Waals surface area contributed by atoms with E-state index in [9.17, 15) is 4.79 Å². The van der Waals surface area contributed by atoms with E-state index in [0.29, 0.717) is 24.1 Å². The fourth-order valence-electron chi connectivity index (χ4n) is 1.72. The van der Waals surface area contributed by atoms with E-state index < -0.39 is 0 Å². The van der Waals surface area contributed by atoms with Crippen molar-refractivity contribution in [3.05, 3.63) is 29.4 Å². The van der Waals surface area contributed by atoms with Crippen molar-refractivity contribution in [3.63, 3.8) is 0 Å². The standard InChI is InChI=1S/C13H14ClN3O2/c1-2-19-11(18)7-8-15-13-10-6-4-3-5-9(10)12(14)16-17-13/h3-6H,2,7-8H2,1H3,(H,15,17). The van der Waals surface area contributed by atoms with Gasteiger partial charge in [-0.25, -0.2) is 0 Å². The summed E-state index contributed by atoms with van der Waals surface area (Å²) in [6.07, 6.45) is 0.284. The maximum atomic E-state index is 11.2. The Bertz CT molecular complexity index is 589. The molecule has 19 heavy (non-hydrogen) atoms. The van der Waals surface area contributed by atoms with Crippen LogP contribution < -0.4 is 5.32 Å². The molecule has 0 radical (unpaired) electrons. The molecule has 0 saturated heterocycles. The number of halogens is 1. The quantitative estimate of drug-likeness (QED) is 0.853. The molecule has 1 aromatic heterocycles. The molecule has 0 amide bonds. The zero-order valence-electron chi connectivity index (χ0n) is 10.5. The van der Waals surface area contributed by atoms with E-state index in [1.54, 1.807) is 6.92 Å². The van der Waals surface area contributed by atoms with Crippen LogP contribution in [0.3, 0.4) is 0 Å². The third-order valence-electron chi connectivity index (χ3n) is 2.57. The molecule has 0 saturated carbocycles. The lowest BCUT2D eigenvalue weighted by Gasteiger charge is -2.08. The first-order valence-corrected chi connectivity index (χ1v) is 6.40. The molecule has 0 atom stereocenters. The molecule has 0 aliphatic carbocycles. The molecule has 100 valence electrons. The number of rotatable bonds is 5. The predicted octanol–water partition coefficient (Wildman–Crippen LogP) is 2.65. The molecular weight excluding hydrogens is 266 g/mol.